The fourth-order valence-electron chi connectivity index (χ4n) is 2.69. The van der Waals surface area contributed by atoms with E-state index in [0.717, 1.165) is 37.2 Å². The van der Waals surface area contributed by atoms with Crippen molar-refractivity contribution in [3.05, 3.63) is 29.8 Å². The third kappa shape index (κ3) is 3.38. The average Bonchev–Trinajstić information content (AvgIpc) is 2.48. The molecule has 0 bridgehead atoms. The van der Waals surface area contributed by atoms with Crippen LogP contribution in [0.1, 0.15) is 32.3 Å². The van der Waals surface area contributed by atoms with Crippen LogP contribution < -0.4 is 10.6 Å². The summed E-state index contributed by atoms with van der Waals surface area (Å²) in [5.41, 5.74) is 1.15. The van der Waals surface area contributed by atoms with Gasteiger partial charge in [-0.05, 0) is 49.5 Å². The number of rotatable bonds is 4. The molecule has 1 amide bonds. The molecule has 110 valence electrons. The molecule has 20 heavy (non-hydrogen) atoms. The molecule has 1 aliphatic heterocycles. The summed E-state index contributed by atoms with van der Waals surface area (Å²) in [6.07, 6.45) is 2.21. The van der Waals surface area contributed by atoms with Gasteiger partial charge in [0.15, 0.2) is 0 Å². The first kappa shape index (κ1) is 15.0. The van der Waals surface area contributed by atoms with Crippen molar-refractivity contribution in [1.29, 1.82) is 0 Å². The highest BCUT2D eigenvalue weighted by Gasteiger charge is 2.37. The van der Waals surface area contributed by atoms with Gasteiger partial charge in [-0.15, -0.1) is 0 Å². The van der Waals surface area contributed by atoms with Gasteiger partial charge in [0.2, 0.25) is 5.91 Å². The standard InChI is InChI=1S/C16H24N2O2/c1-16(2,13-6-4-8-17-10-13)15(20)18-14-7-3-5-12(9-14)11-19/h3,5,7,9,13,17,19H,4,6,8,10-11H2,1-2H3,(H,18,20). The maximum atomic E-state index is 12.5. The predicted octanol–water partition coefficient (Wildman–Crippen LogP) is 2.14. The first-order valence-electron chi connectivity index (χ1n) is 7.26. The molecule has 0 radical (unpaired) electrons. The van der Waals surface area contributed by atoms with E-state index < -0.39 is 5.41 Å². The highest BCUT2D eigenvalue weighted by molar-refractivity contribution is 5.95. The molecular weight excluding hydrogens is 252 g/mol. The summed E-state index contributed by atoms with van der Waals surface area (Å²) in [4.78, 5) is 12.5. The van der Waals surface area contributed by atoms with Crippen LogP contribution in [-0.4, -0.2) is 24.1 Å². The van der Waals surface area contributed by atoms with Crippen molar-refractivity contribution in [2.24, 2.45) is 11.3 Å². The molecule has 1 atom stereocenters. The zero-order valence-electron chi connectivity index (χ0n) is 12.3. The Bertz CT molecular complexity index is 465. The Labute approximate surface area is 120 Å². The van der Waals surface area contributed by atoms with Crippen LogP contribution in [0.2, 0.25) is 0 Å². The number of piperidine rings is 1. The molecule has 2 rings (SSSR count). The third-order valence-electron chi connectivity index (χ3n) is 4.27. The smallest absolute Gasteiger partial charge is 0.230 e. The first-order valence-corrected chi connectivity index (χ1v) is 7.26. The van der Waals surface area contributed by atoms with Gasteiger partial charge in [0.05, 0.1) is 6.61 Å². The minimum absolute atomic E-state index is 0.0142. The summed E-state index contributed by atoms with van der Waals surface area (Å²) in [6.45, 7) is 5.95. The van der Waals surface area contributed by atoms with Gasteiger partial charge in [0, 0.05) is 11.1 Å². The Morgan fingerprint density at radius 2 is 2.30 bits per heavy atom. The zero-order chi connectivity index (χ0) is 14.6. The number of carbonyl (C=O) groups excluding carboxylic acids is 1. The van der Waals surface area contributed by atoms with Crippen molar-refractivity contribution in [1.82, 2.24) is 5.32 Å². The Morgan fingerprint density at radius 1 is 1.50 bits per heavy atom. The van der Waals surface area contributed by atoms with Crippen molar-refractivity contribution in [3.8, 4) is 0 Å². The normalized spacial score (nSPS) is 19.6. The summed E-state index contributed by atoms with van der Waals surface area (Å²) in [5.74, 6) is 0.401. The minimum atomic E-state index is -0.400. The van der Waals surface area contributed by atoms with Gasteiger partial charge in [-0.1, -0.05) is 26.0 Å². The van der Waals surface area contributed by atoms with Gasteiger partial charge in [0.1, 0.15) is 0 Å². The largest absolute Gasteiger partial charge is 0.392 e. The molecule has 1 fully saturated rings. The first-order chi connectivity index (χ1) is 9.54. The van der Waals surface area contributed by atoms with Gasteiger partial charge < -0.3 is 15.7 Å². The van der Waals surface area contributed by atoms with Crippen LogP contribution >= 0.6 is 0 Å². The Balaban J connectivity index is 2.05. The third-order valence-corrected chi connectivity index (χ3v) is 4.27. The lowest BCUT2D eigenvalue weighted by molar-refractivity contribution is -0.127. The maximum absolute atomic E-state index is 12.5. The summed E-state index contributed by atoms with van der Waals surface area (Å²) >= 11 is 0. The zero-order valence-corrected chi connectivity index (χ0v) is 12.3. The molecular formula is C16H24N2O2. The number of aliphatic hydroxyl groups excluding tert-OH is 1. The molecule has 0 spiro atoms. The lowest BCUT2D eigenvalue weighted by Crippen LogP contribution is -2.44. The summed E-state index contributed by atoms with van der Waals surface area (Å²) in [5, 5.41) is 15.5. The van der Waals surface area contributed by atoms with E-state index in [2.05, 4.69) is 10.6 Å². The second kappa shape index (κ2) is 6.37. The molecule has 4 nitrogen and oxygen atoms in total. The van der Waals surface area contributed by atoms with E-state index in [1.165, 1.54) is 0 Å². The van der Waals surface area contributed by atoms with Crippen LogP contribution in [0, 0.1) is 11.3 Å². The highest BCUT2D eigenvalue weighted by Crippen LogP contribution is 2.33. The number of anilines is 1. The van der Waals surface area contributed by atoms with Crippen molar-refractivity contribution in [2.45, 2.75) is 33.3 Å². The van der Waals surface area contributed by atoms with E-state index in [1.54, 1.807) is 0 Å². The number of benzene rings is 1. The molecule has 0 saturated carbocycles. The Morgan fingerprint density at radius 3 is 2.95 bits per heavy atom. The van der Waals surface area contributed by atoms with E-state index in [4.69, 9.17) is 5.11 Å². The number of hydrogen-bond acceptors (Lipinski definition) is 3. The second-order valence-electron chi connectivity index (χ2n) is 6.08. The molecule has 1 aromatic rings. The monoisotopic (exact) mass is 276 g/mol. The molecule has 1 aliphatic rings. The average molecular weight is 276 g/mol. The van der Waals surface area contributed by atoms with Crippen LogP contribution in [0.4, 0.5) is 5.69 Å². The van der Waals surface area contributed by atoms with E-state index in [9.17, 15) is 4.79 Å². The molecule has 4 heteroatoms. The molecule has 1 unspecified atom stereocenters. The molecule has 1 aromatic carbocycles. The highest BCUT2D eigenvalue weighted by atomic mass is 16.3. The fourth-order valence-corrected chi connectivity index (χ4v) is 2.69. The van der Waals surface area contributed by atoms with E-state index >= 15 is 0 Å². The van der Waals surface area contributed by atoms with E-state index in [0.29, 0.717) is 5.92 Å². The molecule has 1 saturated heterocycles. The minimum Gasteiger partial charge on any atom is -0.392 e. The van der Waals surface area contributed by atoms with Crippen LogP contribution in [0.25, 0.3) is 0 Å². The van der Waals surface area contributed by atoms with Crippen molar-refractivity contribution in [3.63, 3.8) is 0 Å². The van der Waals surface area contributed by atoms with Gasteiger partial charge >= 0.3 is 0 Å². The number of hydrogen-bond donors (Lipinski definition) is 3. The van der Waals surface area contributed by atoms with Crippen LogP contribution in [0.15, 0.2) is 24.3 Å². The van der Waals surface area contributed by atoms with Gasteiger partial charge in [-0.25, -0.2) is 0 Å². The summed E-state index contributed by atoms with van der Waals surface area (Å²) in [6, 6.07) is 7.35. The van der Waals surface area contributed by atoms with Gasteiger partial charge in [0.25, 0.3) is 0 Å². The Kier molecular flexibility index (Phi) is 4.78. The fraction of sp³-hybridized carbons (Fsp3) is 0.562. The van der Waals surface area contributed by atoms with Crippen molar-refractivity contribution >= 4 is 11.6 Å². The van der Waals surface area contributed by atoms with Crippen LogP contribution in [0.3, 0.4) is 0 Å². The molecule has 1 heterocycles. The lowest BCUT2D eigenvalue weighted by Gasteiger charge is -2.36. The number of nitrogens with one attached hydrogen (secondary N) is 2. The number of aliphatic hydroxyl groups is 1. The van der Waals surface area contributed by atoms with Crippen LogP contribution in [-0.2, 0) is 11.4 Å². The van der Waals surface area contributed by atoms with E-state index in [1.807, 2.05) is 38.1 Å². The molecule has 3 N–H and O–H groups in total. The topological polar surface area (TPSA) is 61.4 Å². The number of amides is 1. The SMILES string of the molecule is CC(C)(C(=O)Nc1cccc(CO)c1)C1CCCNC1. The maximum Gasteiger partial charge on any atom is 0.230 e. The molecule has 0 aromatic heterocycles. The summed E-state index contributed by atoms with van der Waals surface area (Å²) in [7, 11) is 0. The second-order valence-corrected chi connectivity index (χ2v) is 6.08. The molecule has 0 aliphatic carbocycles. The van der Waals surface area contributed by atoms with Crippen molar-refractivity contribution in [2.75, 3.05) is 18.4 Å². The summed E-state index contributed by atoms with van der Waals surface area (Å²) < 4.78 is 0. The van der Waals surface area contributed by atoms with E-state index in [-0.39, 0.29) is 12.5 Å². The van der Waals surface area contributed by atoms with Crippen molar-refractivity contribution < 1.29 is 9.90 Å². The van der Waals surface area contributed by atoms with Crippen LogP contribution in [0.5, 0.6) is 0 Å². The lowest BCUT2D eigenvalue weighted by atomic mass is 9.74. The Hall–Kier alpha value is -1.39. The predicted molar refractivity (Wildman–Crippen MR) is 80.4 cm³/mol. The van der Waals surface area contributed by atoms with Gasteiger partial charge in [-0.2, -0.15) is 0 Å². The number of carbonyl (C=O) groups is 1. The van der Waals surface area contributed by atoms with Gasteiger partial charge in [-0.3, -0.25) is 4.79 Å². The quantitative estimate of drug-likeness (QED) is 0.789.